The highest BCUT2D eigenvalue weighted by Crippen LogP contribution is 2.32. The Morgan fingerprint density at radius 3 is 2.49 bits per heavy atom. The summed E-state index contributed by atoms with van der Waals surface area (Å²) in [6.45, 7) is 7.50. The summed E-state index contributed by atoms with van der Waals surface area (Å²) >= 11 is 0. The number of carbonyl (C=O) groups excluding carboxylic acids is 3. The first kappa shape index (κ1) is 32.9. The molecule has 12 heteroatoms. The molecule has 45 heavy (non-hydrogen) atoms. The van der Waals surface area contributed by atoms with Gasteiger partial charge in [0.2, 0.25) is 5.91 Å². The minimum absolute atomic E-state index is 0.0116. The van der Waals surface area contributed by atoms with Crippen molar-refractivity contribution >= 4 is 29.1 Å². The number of hydrogen-bond donors (Lipinski definition) is 3. The molecular formula is C33H41N7O5. The Balaban J connectivity index is 0.00000226. The van der Waals surface area contributed by atoms with E-state index >= 15 is 0 Å². The van der Waals surface area contributed by atoms with Gasteiger partial charge >= 0.3 is 6.09 Å². The molecule has 1 aliphatic heterocycles. The average Bonchev–Trinajstić information content (AvgIpc) is 3.69. The maximum absolute atomic E-state index is 12.9. The number of nitrogens with two attached hydrogens (primary N) is 1. The van der Waals surface area contributed by atoms with Crippen molar-refractivity contribution in [3.63, 3.8) is 0 Å². The van der Waals surface area contributed by atoms with Gasteiger partial charge in [0.25, 0.3) is 5.91 Å². The van der Waals surface area contributed by atoms with Crippen LogP contribution in [-0.4, -0.2) is 70.3 Å². The van der Waals surface area contributed by atoms with Crippen LogP contribution in [0, 0.1) is 5.92 Å². The van der Waals surface area contributed by atoms with E-state index in [2.05, 4.69) is 27.6 Å². The number of carbonyl (C=O) groups is 3. The van der Waals surface area contributed by atoms with E-state index < -0.39 is 5.91 Å². The van der Waals surface area contributed by atoms with Crippen LogP contribution in [0.15, 0.2) is 67.1 Å². The van der Waals surface area contributed by atoms with Crippen molar-refractivity contribution < 1.29 is 23.9 Å². The van der Waals surface area contributed by atoms with Crippen LogP contribution >= 0.6 is 0 Å². The lowest BCUT2D eigenvalue weighted by atomic mass is 10.00. The van der Waals surface area contributed by atoms with E-state index in [0.29, 0.717) is 30.0 Å². The largest absolute Gasteiger partial charge is 0.445 e. The molecule has 1 saturated heterocycles. The third-order valence-corrected chi connectivity index (χ3v) is 7.56. The molecule has 2 atom stereocenters. The fourth-order valence-electron chi connectivity index (χ4n) is 5.22. The number of rotatable bonds is 11. The molecule has 3 amide bonds. The minimum atomic E-state index is -0.605. The molecule has 238 valence electrons. The third-order valence-electron chi connectivity index (χ3n) is 7.56. The van der Waals surface area contributed by atoms with Gasteiger partial charge in [0, 0.05) is 49.8 Å². The first-order chi connectivity index (χ1) is 21.9. The first-order valence-electron chi connectivity index (χ1n) is 15.1. The Kier molecular flexibility index (Phi) is 11.5. The van der Waals surface area contributed by atoms with E-state index in [9.17, 15) is 14.4 Å². The standard InChI is InChI=1S/C31H35N7O5.C2H6/c1-3-21-15-37(31(41)43-18-20-7-5-4-6-8-20)17-26(21)36-29-25(30(32)40)14-35-38-16-23(11-27(29)38)22-9-10-24(33-12-22)13-34-28(39)19-42-2;1-2/h4-12,14,16,21,26,36H,3,13,15,17-19H2,1-2H3,(H2,32,40)(H,34,39);1-2H3. The van der Waals surface area contributed by atoms with Crippen LogP contribution in [-0.2, 0) is 27.4 Å². The molecule has 0 bridgehead atoms. The fraction of sp³-hybridized carbons (Fsp3) is 0.364. The number of likely N-dealkylation sites (tertiary alicyclic amines) is 1. The van der Waals surface area contributed by atoms with Gasteiger partial charge in [-0.3, -0.25) is 14.6 Å². The van der Waals surface area contributed by atoms with Crippen molar-refractivity contribution in [1.29, 1.82) is 0 Å². The average molecular weight is 616 g/mol. The number of pyridine rings is 1. The lowest BCUT2D eigenvalue weighted by molar-refractivity contribution is -0.124. The molecule has 1 aromatic carbocycles. The van der Waals surface area contributed by atoms with Crippen molar-refractivity contribution in [3.05, 3.63) is 83.9 Å². The molecule has 4 heterocycles. The minimum Gasteiger partial charge on any atom is -0.445 e. The van der Waals surface area contributed by atoms with Gasteiger partial charge in [0.05, 0.1) is 35.2 Å². The highest BCUT2D eigenvalue weighted by atomic mass is 16.6. The molecular weight excluding hydrogens is 574 g/mol. The zero-order valence-electron chi connectivity index (χ0n) is 26.2. The normalized spacial score (nSPS) is 15.7. The van der Waals surface area contributed by atoms with Crippen molar-refractivity contribution in [2.75, 3.05) is 32.1 Å². The third kappa shape index (κ3) is 8.15. The predicted molar refractivity (Wildman–Crippen MR) is 171 cm³/mol. The van der Waals surface area contributed by atoms with Gasteiger partial charge in [-0.05, 0) is 30.0 Å². The number of hydrogen-bond acceptors (Lipinski definition) is 8. The summed E-state index contributed by atoms with van der Waals surface area (Å²) in [5.41, 5.74) is 10.5. The van der Waals surface area contributed by atoms with Gasteiger partial charge < -0.3 is 30.7 Å². The van der Waals surface area contributed by atoms with E-state index in [0.717, 1.165) is 23.1 Å². The van der Waals surface area contributed by atoms with Gasteiger partial charge in [-0.15, -0.1) is 0 Å². The van der Waals surface area contributed by atoms with Crippen LogP contribution in [0.2, 0.25) is 0 Å². The van der Waals surface area contributed by atoms with E-state index in [1.165, 1.54) is 13.3 Å². The number of amides is 3. The van der Waals surface area contributed by atoms with Crippen LogP contribution in [0.4, 0.5) is 10.5 Å². The number of benzene rings is 1. The molecule has 5 rings (SSSR count). The van der Waals surface area contributed by atoms with Crippen molar-refractivity contribution in [2.45, 2.75) is 46.4 Å². The second-order valence-electron chi connectivity index (χ2n) is 10.5. The second kappa shape index (κ2) is 15.7. The SMILES string of the molecule is CC.CCC1CN(C(=O)OCc2ccccc2)CC1Nc1c(C(N)=O)cnn2cc(-c3ccc(CNC(=O)COC)nc3)cc12. The predicted octanol–water partition coefficient (Wildman–Crippen LogP) is 4.24. The molecule has 4 N–H and O–H groups in total. The van der Waals surface area contributed by atoms with Gasteiger partial charge in [0.15, 0.2) is 0 Å². The summed E-state index contributed by atoms with van der Waals surface area (Å²) in [5.74, 6) is -0.691. The molecule has 3 aromatic heterocycles. The zero-order valence-corrected chi connectivity index (χ0v) is 26.2. The topological polar surface area (TPSA) is 153 Å². The molecule has 0 aliphatic carbocycles. The Bertz CT molecular complexity index is 1590. The number of ether oxygens (including phenoxy) is 2. The van der Waals surface area contributed by atoms with E-state index in [-0.39, 0.29) is 49.3 Å². The summed E-state index contributed by atoms with van der Waals surface area (Å²) in [6, 6.07) is 15.1. The van der Waals surface area contributed by atoms with E-state index in [1.54, 1.807) is 15.6 Å². The number of aromatic nitrogens is 3. The lowest BCUT2D eigenvalue weighted by Gasteiger charge is -2.21. The molecule has 1 aliphatic rings. The van der Waals surface area contributed by atoms with Crippen LogP contribution in [0.5, 0.6) is 0 Å². The summed E-state index contributed by atoms with van der Waals surface area (Å²) in [5, 5.41) is 10.7. The molecule has 0 spiro atoms. The molecule has 1 fully saturated rings. The van der Waals surface area contributed by atoms with Gasteiger partial charge in [-0.25, -0.2) is 9.31 Å². The zero-order chi connectivity index (χ0) is 32.3. The molecule has 12 nitrogen and oxygen atoms in total. The number of methoxy groups -OCH3 is 1. The Labute approximate surface area is 262 Å². The maximum Gasteiger partial charge on any atom is 0.410 e. The van der Waals surface area contributed by atoms with E-state index in [1.807, 2.05) is 68.6 Å². The number of nitrogens with zero attached hydrogens (tertiary/aromatic N) is 4. The van der Waals surface area contributed by atoms with Gasteiger partial charge in [0.1, 0.15) is 13.2 Å². The number of nitrogens with one attached hydrogen (secondary N) is 2. The Hall–Kier alpha value is -4.97. The fourth-order valence-corrected chi connectivity index (χ4v) is 5.22. The highest BCUT2D eigenvalue weighted by molar-refractivity contribution is 6.02. The molecule has 4 aromatic rings. The quantitative estimate of drug-likeness (QED) is 0.227. The Morgan fingerprint density at radius 2 is 1.82 bits per heavy atom. The van der Waals surface area contributed by atoms with E-state index in [4.69, 9.17) is 15.2 Å². The molecule has 2 unspecified atom stereocenters. The molecule has 0 radical (unpaired) electrons. The monoisotopic (exact) mass is 615 g/mol. The van der Waals surface area contributed by atoms with Crippen molar-refractivity contribution in [2.24, 2.45) is 11.7 Å². The smallest absolute Gasteiger partial charge is 0.410 e. The van der Waals surface area contributed by atoms with Crippen LogP contribution in [0.1, 0.15) is 48.8 Å². The Morgan fingerprint density at radius 1 is 1.04 bits per heavy atom. The number of anilines is 1. The number of fused-ring (bicyclic) bond motifs is 1. The summed E-state index contributed by atoms with van der Waals surface area (Å²) < 4.78 is 12.1. The summed E-state index contributed by atoms with van der Waals surface area (Å²) in [6.07, 6.45) is 5.47. The molecule has 0 saturated carbocycles. The lowest BCUT2D eigenvalue weighted by Crippen LogP contribution is -2.33. The number of primary amides is 1. The van der Waals surface area contributed by atoms with Gasteiger partial charge in [-0.1, -0.05) is 57.2 Å². The second-order valence-corrected chi connectivity index (χ2v) is 10.5. The van der Waals surface area contributed by atoms with Crippen molar-refractivity contribution in [3.8, 4) is 11.1 Å². The first-order valence-corrected chi connectivity index (χ1v) is 15.1. The summed E-state index contributed by atoms with van der Waals surface area (Å²) in [4.78, 5) is 43.2. The van der Waals surface area contributed by atoms with Crippen LogP contribution < -0.4 is 16.4 Å². The van der Waals surface area contributed by atoms with Crippen LogP contribution in [0.25, 0.3) is 16.6 Å². The van der Waals surface area contributed by atoms with Crippen molar-refractivity contribution in [1.82, 2.24) is 24.8 Å². The highest BCUT2D eigenvalue weighted by Gasteiger charge is 2.36. The summed E-state index contributed by atoms with van der Waals surface area (Å²) in [7, 11) is 1.46. The van der Waals surface area contributed by atoms with Crippen LogP contribution in [0.3, 0.4) is 0 Å². The van der Waals surface area contributed by atoms with Gasteiger partial charge in [-0.2, -0.15) is 5.10 Å². The maximum atomic E-state index is 12.9.